The molecule has 0 spiro atoms. The highest BCUT2D eigenvalue weighted by atomic mass is 19.4. The fraction of sp³-hybridized carbons (Fsp3) is 0.200. The average molecular weight is 299 g/mol. The third-order valence-electron chi connectivity index (χ3n) is 2.90. The molecule has 6 heteroatoms. The van der Waals surface area contributed by atoms with E-state index in [0.717, 1.165) is 6.07 Å². The number of hydrogen-bond acceptors (Lipinski definition) is 2. The van der Waals surface area contributed by atoms with Crippen molar-refractivity contribution in [1.82, 2.24) is 0 Å². The second-order valence-electron chi connectivity index (χ2n) is 4.47. The molecule has 0 aromatic heterocycles. The van der Waals surface area contributed by atoms with Crippen molar-refractivity contribution in [3.8, 4) is 5.75 Å². The predicted molar refractivity (Wildman–Crippen MR) is 70.3 cm³/mol. The number of benzene rings is 2. The maximum Gasteiger partial charge on any atom is 0.419 e. The van der Waals surface area contributed by atoms with E-state index in [1.54, 1.807) is 24.3 Å². The van der Waals surface area contributed by atoms with Crippen LogP contribution in [-0.4, -0.2) is 6.61 Å². The van der Waals surface area contributed by atoms with Crippen LogP contribution in [0.5, 0.6) is 5.75 Å². The molecule has 112 valence electrons. The Bertz CT molecular complexity index is 598. The van der Waals surface area contributed by atoms with Crippen molar-refractivity contribution in [1.29, 1.82) is 0 Å². The van der Waals surface area contributed by atoms with E-state index in [1.165, 1.54) is 6.07 Å². The van der Waals surface area contributed by atoms with E-state index in [4.69, 9.17) is 10.5 Å². The fourth-order valence-electron chi connectivity index (χ4n) is 1.79. The van der Waals surface area contributed by atoms with Crippen molar-refractivity contribution in [2.45, 2.75) is 12.2 Å². The van der Waals surface area contributed by atoms with Crippen molar-refractivity contribution in [2.75, 3.05) is 6.61 Å². The summed E-state index contributed by atoms with van der Waals surface area (Å²) in [7, 11) is 0. The summed E-state index contributed by atoms with van der Waals surface area (Å²) in [5, 5.41) is 0. The summed E-state index contributed by atoms with van der Waals surface area (Å²) in [5.41, 5.74) is 4.63. The SMILES string of the molecule is N[C@@H](COc1ccccc1)c1ccc(F)c(C(F)(F)F)c1. The number of alkyl halides is 3. The molecular formula is C15H13F4NO. The Labute approximate surface area is 119 Å². The van der Waals surface area contributed by atoms with E-state index in [0.29, 0.717) is 11.8 Å². The van der Waals surface area contributed by atoms with E-state index in [-0.39, 0.29) is 12.2 Å². The van der Waals surface area contributed by atoms with Gasteiger partial charge in [0.1, 0.15) is 18.2 Å². The Kier molecular flexibility index (Phi) is 4.47. The normalized spacial score (nSPS) is 13.0. The molecule has 0 aliphatic rings. The number of ether oxygens (including phenoxy) is 1. The zero-order valence-corrected chi connectivity index (χ0v) is 10.9. The van der Waals surface area contributed by atoms with Crippen LogP contribution in [0.4, 0.5) is 17.6 Å². The molecule has 2 aromatic rings. The number of nitrogens with two attached hydrogens (primary N) is 1. The number of para-hydroxylation sites is 1. The molecule has 1 atom stereocenters. The van der Waals surface area contributed by atoms with Gasteiger partial charge in [-0.2, -0.15) is 13.2 Å². The Morgan fingerprint density at radius 1 is 1.05 bits per heavy atom. The van der Waals surface area contributed by atoms with Crippen LogP contribution in [0.15, 0.2) is 48.5 Å². The van der Waals surface area contributed by atoms with E-state index in [2.05, 4.69) is 0 Å². The van der Waals surface area contributed by atoms with Gasteiger partial charge in [-0.05, 0) is 29.8 Å². The minimum Gasteiger partial charge on any atom is -0.492 e. The number of hydrogen-bond donors (Lipinski definition) is 1. The van der Waals surface area contributed by atoms with Gasteiger partial charge in [0.25, 0.3) is 0 Å². The van der Waals surface area contributed by atoms with E-state index >= 15 is 0 Å². The lowest BCUT2D eigenvalue weighted by atomic mass is 10.0. The molecular weight excluding hydrogens is 286 g/mol. The lowest BCUT2D eigenvalue weighted by molar-refractivity contribution is -0.140. The van der Waals surface area contributed by atoms with Crippen molar-refractivity contribution < 1.29 is 22.3 Å². The molecule has 0 amide bonds. The largest absolute Gasteiger partial charge is 0.492 e. The summed E-state index contributed by atoms with van der Waals surface area (Å²) < 4.78 is 56.5. The van der Waals surface area contributed by atoms with Gasteiger partial charge in [0.15, 0.2) is 0 Å². The smallest absolute Gasteiger partial charge is 0.419 e. The Morgan fingerprint density at radius 2 is 1.71 bits per heavy atom. The summed E-state index contributed by atoms with van der Waals surface area (Å²) >= 11 is 0. The molecule has 0 aliphatic carbocycles. The first kappa shape index (κ1) is 15.3. The molecule has 0 unspecified atom stereocenters. The van der Waals surface area contributed by atoms with Gasteiger partial charge in [-0.15, -0.1) is 0 Å². The van der Waals surface area contributed by atoms with Gasteiger partial charge in [0.05, 0.1) is 11.6 Å². The zero-order chi connectivity index (χ0) is 15.5. The maximum atomic E-state index is 13.2. The first-order chi connectivity index (χ1) is 9.88. The van der Waals surface area contributed by atoms with Crippen LogP contribution in [0.25, 0.3) is 0 Å². The summed E-state index contributed by atoms with van der Waals surface area (Å²) in [6.07, 6.45) is -4.75. The van der Waals surface area contributed by atoms with E-state index in [9.17, 15) is 17.6 Å². The van der Waals surface area contributed by atoms with Gasteiger partial charge in [-0.25, -0.2) is 4.39 Å². The molecule has 0 fully saturated rings. The summed E-state index contributed by atoms with van der Waals surface area (Å²) in [6, 6.07) is 10.7. The molecule has 0 saturated heterocycles. The second-order valence-corrected chi connectivity index (χ2v) is 4.47. The second kappa shape index (κ2) is 6.13. The maximum absolute atomic E-state index is 13.2. The molecule has 0 heterocycles. The molecule has 0 saturated carbocycles. The molecule has 2 rings (SSSR count). The van der Waals surface area contributed by atoms with Crippen molar-refractivity contribution in [3.05, 3.63) is 65.5 Å². The third-order valence-corrected chi connectivity index (χ3v) is 2.90. The van der Waals surface area contributed by atoms with Gasteiger partial charge in [-0.1, -0.05) is 24.3 Å². The molecule has 0 radical (unpaired) electrons. The average Bonchev–Trinajstić information content (AvgIpc) is 2.45. The first-order valence-corrected chi connectivity index (χ1v) is 6.18. The van der Waals surface area contributed by atoms with Crippen molar-refractivity contribution >= 4 is 0 Å². The summed E-state index contributed by atoms with van der Waals surface area (Å²) in [5.74, 6) is -0.756. The van der Waals surface area contributed by atoms with Crippen LogP contribution in [-0.2, 0) is 6.18 Å². The van der Waals surface area contributed by atoms with Gasteiger partial charge >= 0.3 is 6.18 Å². The molecule has 21 heavy (non-hydrogen) atoms. The quantitative estimate of drug-likeness (QED) is 0.868. The van der Waals surface area contributed by atoms with E-state index < -0.39 is 23.6 Å². The first-order valence-electron chi connectivity index (χ1n) is 6.18. The highest BCUT2D eigenvalue weighted by molar-refractivity contribution is 5.29. The van der Waals surface area contributed by atoms with Gasteiger partial charge in [-0.3, -0.25) is 0 Å². The van der Waals surface area contributed by atoms with Crippen LogP contribution in [0.2, 0.25) is 0 Å². The molecule has 2 N–H and O–H groups in total. The van der Waals surface area contributed by atoms with Gasteiger partial charge in [0.2, 0.25) is 0 Å². The highest BCUT2D eigenvalue weighted by Crippen LogP contribution is 2.32. The standard InChI is InChI=1S/C15H13F4NO/c16-13-7-6-10(8-12(13)15(17,18)19)14(20)9-21-11-4-2-1-3-5-11/h1-8,14H,9,20H2/t14-/m0/s1. The van der Waals surface area contributed by atoms with Crippen molar-refractivity contribution in [2.24, 2.45) is 5.73 Å². The molecule has 2 aromatic carbocycles. The number of rotatable bonds is 4. The third kappa shape index (κ3) is 3.95. The van der Waals surface area contributed by atoms with Crippen LogP contribution >= 0.6 is 0 Å². The fourth-order valence-corrected chi connectivity index (χ4v) is 1.79. The predicted octanol–water partition coefficient (Wildman–Crippen LogP) is 3.92. The zero-order valence-electron chi connectivity index (χ0n) is 10.9. The molecule has 0 bridgehead atoms. The highest BCUT2D eigenvalue weighted by Gasteiger charge is 2.34. The topological polar surface area (TPSA) is 35.2 Å². The van der Waals surface area contributed by atoms with E-state index in [1.807, 2.05) is 6.07 Å². The van der Waals surface area contributed by atoms with Crippen LogP contribution < -0.4 is 10.5 Å². The monoisotopic (exact) mass is 299 g/mol. The van der Waals surface area contributed by atoms with Crippen LogP contribution in [0.1, 0.15) is 17.2 Å². The lowest BCUT2D eigenvalue weighted by Gasteiger charge is -2.16. The Hall–Kier alpha value is -2.08. The minimum absolute atomic E-state index is 0.00700. The summed E-state index contributed by atoms with van der Waals surface area (Å²) in [4.78, 5) is 0. The Balaban J connectivity index is 2.11. The van der Waals surface area contributed by atoms with Crippen LogP contribution in [0, 0.1) is 5.82 Å². The minimum atomic E-state index is -4.75. The van der Waals surface area contributed by atoms with Crippen LogP contribution in [0.3, 0.4) is 0 Å². The molecule has 2 nitrogen and oxygen atoms in total. The van der Waals surface area contributed by atoms with Gasteiger partial charge in [0, 0.05) is 0 Å². The van der Waals surface area contributed by atoms with Crippen molar-refractivity contribution in [3.63, 3.8) is 0 Å². The van der Waals surface area contributed by atoms with Gasteiger partial charge < -0.3 is 10.5 Å². The lowest BCUT2D eigenvalue weighted by Crippen LogP contribution is -2.20. The Morgan fingerprint density at radius 3 is 2.33 bits per heavy atom. The molecule has 0 aliphatic heterocycles. The summed E-state index contributed by atoms with van der Waals surface area (Å²) in [6.45, 7) is -0.00700. The number of halogens is 4.